The van der Waals surface area contributed by atoms with E-state index in [-0.39, 0.29) is 12.5 Å². The van der Waals surface area contributed by atoms with Crippen LogP contribution in [0.5, 0.6) is 0 Å². The van der Waals surface area contributed by atoms with Crippen molar-refractivity contribution in [1.29, 1.82) is 0 Å². The van der Waals surface area contributed by atoms with Crippen LogP contribution in [0.3, 0.4) is 0 Å². The molecular formula is C17H26N4O3. The number of hydrogen-bond donors (Lipinski definition) is 2. The van der Waals surface area contributed by atoms with Gasteiger partial charge in [0, 0.05) is 23.8 Å². The molecule has 0 saturated carbocycles. The predicted molar refractivity (Wildman–Crippen MR) is 92.3 cm³/mol. The average molecular weight is 334 g/mol. The average Bonchev–Trinajstić information content (AvgIpc) is 3.05. The van der Waals surface area contributed by atoms with Crippen molar-refractivity contribution in [3.05, 3.63) is 17.0 Å². The minimum atomic E-state index is -0.130. The van der Waals surface area contributed by atoms with Gasteiger partial charge in [0.1, 0.15) is 6.54 Å². The van der Waals surface area contributed by atoms with Crippen LogP contribution in [0.4, 0.5) is 5.69 Å². The fourth-order valence-electron chi connectivity index (χ4n) is 3.47. The number of hydrogen-bond acceptors (Lipinski definition) is 4. The number of aromatic nitrogens is 1. The van der Waals surface area contributed by atoms with E-state index < -0.39 is 0 Å². The van der Waals surface area contributed by atoms with Crippen molar-refractivity contribution >= 4 is 24.3 Å². The molecule has 0 radical (unpaired) electrons. The minimum absolute atomic E-state index is 0.0712. The topological polar surface area (TPSA) is 83.4 Å². The van der Waals surface area contributed by atoms with Gasteiger partial charge in [-0.3, -0.25) is 14.4 Å². The zero-order valence-corrected chi connectivity index (χ0v) is 14.6. The maximum Gasteiger partial charge on any atom is 0.239 e. The molecule has 2 amide bonds. The van der Waals surface area contributed by atoms with Crippen molar-refractivity contribution in [2.24, 2.45) is 0 Å². The van der Waals surface area contributed by atoms with Gasteiger partial charge < -0.3 is 20.1 Å². The van der Waals surface area contributed by atoms with Gasteiger partial charge in [0.05, 0.1) is 11.4 Å². The van der Waals surface area contributed by atoms with E-state index in [1.54, 1.807) is 18.4 Å². The maximum absolute atomic E-state index is 12.2. The van der Waals surface area contributed by atoms with Gasteiger partial charge in [-0.2, -0.15) is 0 Å². The van der Waals surface area contributed by atoms with Crippen molar-refractivity contribution < 1.29 is 14.4 Å². The monoisotopic (exact) mass is 334 g/mol. The fourth-order valence-corrected chi connectivity index (χ4v) is 3.47. The number of nitrogens with one attached hydrogen (secondary N) is 2. The lowest BCUT2D eigenvalue weighted by Crippen LogP contribution is -2.33. The summed E-state index contributed by atoms with van der Waals surface area (Å²) in [6, 6.07) is 0.537. The summed E-state index contributed by atoms with van der Waals surface area (Å²) in [6.07, 6.45) is 4.63. The van der Waals surface area contributed by atoms with Gasteiger partial charge in [0.25, 0.3) is 0 Å². The molecule has 7 nitrogen and oxygen atoms in total. The van der Waals surface area contributed by atoms with Crippen LogP contribution in [0.2, 0.25) is 0 Å². The molecular weight excluding hydrogens is 308 g/mol. The van der Waals surface area contributed by atoms with Crippen LogP contribution < -0.4 is 10.6 Å². The summed E-state index contributed by atoms with van der Waals surface area (Å²) in [5.41, 5.74) is 2.39. The van der Waals surface area contributed by atoms with Crippen LogP contribution in [0.15, 0.2) is 0 Å². The molecule has 1 atom stereocenters. The van der Waals surface area contributed by atoms with E-state index >= 15 is 0 Å². The normalized spacial score (nSPS) is 17.7. The Kier molecular flexibility index (Phi) is 6.14. The third-order valence-corrected chi connectivity index (χ3v) is 4.90. The van der Waals surface area contributed by atoms with Crippen LogP contribution in [0.25, 0.3) is 0 Å². The second kappa shape index (κ2) is 8.10. The van der Waals surface area contributed by atoms with Crippen LogP contribution in [-0.2, 0) is 16.1 Å². The van der Waals surface area contributed by atoms with Crippen LogP contribution in [-0.4, -0.2) is 54.2 Å². The lowest BCUT2D eigenvalue weighted by molar-refractivity contribution is -0.121. The molecule has 2 rings (SSSR count). The zero-order chi connectivity index (χ0) is 17.7. The van der Waals surface area contributed by atoms with E-state index in [2.05, 4.69) is 22.6 Å². The van der Waals surface area contributed by atoms with Gasteiger partial charge in [-0.05, 0) is 46.7 Å². The van der Waals surface area contributed by atoms with Gasteiger partial charge in [-0.1, -0.05) is 0 Å². The molecule has 1 saturated heterocycles. The standard InChI is InChI=1S/C17H26N4O3/c1-12-15(10-22)21(13(2)17(12)19-11-23)9-16(24)18-7-6-14-5-4-8-20(14)3/h10-11,14H,4-9H2,1-3H3,(H,18,24)(H,19,23). The molecule has 1 unspecified atom stereocenters. The molecule has 1 fully saturated rings. The molecule has 1 aromatic heterocycles. The lowest BCUT2D eigenvalue weighted by atomic mass is 10.1. The Morgan fingerprint density at radius 2 is 2.08 bits per heavy atom. The molecule has 132 valence electrons. The number of carbonyl (C=O) groups excluding carboxylic acids is 3. The number of rotatable bonds is 8. The Balaban J connectivity index is 1.97. The first-order valence-electron chi connectivity index (χ1n) is 8.31. The summed E-state index contributed by atoms with van der Waals surface area (Å²) in [7, 11) is 2.11. The minimum Gasteiger partial charge on any atom is -0.354 e. The summed E-state index contributed by atoms with van der Waals surface area (Å²) in [5.74, 6) is -0.130. The van der Waals surface area contributed by atoms with Crippen molar-refractivity contribution in [2.45, 2.75) is 45.7 Å². The maximum atomic E-state index is 12.2. The Morgan fingerprint density at radius 1 is 1.33 bits per heavy atom. The number of anilines is 1. The third kappa shape index (κ3) is 3.84. The highest BCUT2D eigenvalue weighted by molar-refractivity contribution is 5.86. The van der Waals surface area contributed by atoms with Gasteiger partial charge >= 0.3 is 0 Å². The summed E-state index contributed by atoms with van der Waals surface area (Å²) in [4.78, 5) is 36.6. The van der Waals surface area contributed by atoms with Crippen molar-refractivity contribution in [1.82, 2.24) is 14.8 Å². The molecule has 0 bridgehead atoms. The lowest BCUT2D eigenvalue weighted by Gasteiger charge is -2.19. The first-order valence-corrected chi connectivity index (χ1v) is 8.31. The fraction of sp³-hybridized carbons (Fsp3) is 0.588. The van der Waals surface area contributed by atoms with Crippen LogP contribution in [0, 0.1) is 13.8 Å². The molecule has 0 aliphatic carbocycles. The number of aldehydes is 1. The zero-order valence-electron chi connectivity index (χ0n) is 14.6. The Morgan fingerprint density at radius 3 is 2.67 bits per heavy atom. The van der Waals surface area contributed by atoms with Crippen molar-refractivity contribution in [3.8, 4) is 0 Å². The van der Waals surface area contributed by atoms with E-state index in [0.717, 1.165) is 19.3 Å². The molecule has 7 heteroatoms. The summed E-state index contributed by atoms with van der Waals surface area (Å²) < 4.78 is 1.64. The molecule has 1 aliphatic rings. The molecule has 2 heterocycles. The highest BCUT2D eigenvalue weighted by atomic mass is 16.2. The SMILES string of the molecule is Cc1c(NC=O)c(C)n(CC(=O)NCCC2CCCN2C)c1C=O. The van der Waals surface area contributed by atoms with Crippen molar-refractivity contribution in [3.63, 3.8) is 0 Å². The number of likely N-dealkylation sites (tertiary alicyclic amines) is 1. The van der Waals surface area contributed by atoms with E-state index in [4.69, 9.17) is 0 Å². The van der Waals surface area contributed by atoms with E-state index in [9.17, 15) is 14.4 Å². The second-order valence-corrected chi connectivity index (χ2v) is 6.35. The first-order chi connectivity index (χ1) is 11.5. The van der Waals surface area contributed by atoms with Crippen molar-refractivity contribution in [2.75, 3.05) is 25.5 Å². The van der Waals surface area contributed by atoms with Gasteiger partial charge in [-0.15, -0.1) is 0 Å². The number of nitrogens with zero attached hydrogens (tertiary/aromatic N) is 2. The van der Waals surface area contributed by atoms with Gasteiger partial charge in [-0.25, -0.2) is 0 Å². The van der Waals surface area contributed by atoms with Crippen LogP contribution >= 0.6 is 0 Å². The number of carbonyl (C=O) groups is 3. The molecule has 1 aliphatic heterocycles. The predicted octanol–water partition coefficient (Wildman–Crippen LogP) is 1.09. The molecule has 1 aromatic rings. The number of amides is 2. The summed E-state index contributed by atoms with van der Waals surface area (Å²) in [6.45, 7) is 5.36. The molecule has 2 N–H and O–H groups in total. The smallest absolute Gasteiger partial charge is 0.239 e. The largest absolute Gasteiger partial charge is 0.354 e. The summed E-state index contributed by atoms with van der Waals surface area (Å²) >= 11 is 0. The quantitative estimate of drug-likeness (QED) is 0.697. The third-order valence-electron chi connectivity index (χ3n) is 4.90. The molecule has 0 spiro atoms. The van der Waals surface area contributed by atoms with E-state index in [1.165, 1.54) is 12.8 Å². The summed E-state index contributed by atoms with van der Waals surface area (Å²) in [5, 5.41) is 5.53. The second-order valence-electron chi connectivity index (χ2n) is 6.35. The van der Waals surface area contributed by atoms with E-state index in [0.29, 0.717) is 41.6 Å². The Hall–Kier alpha value is -2.15. The first kappa shape index (κ1) is 18.2. The van der Waals surface area contributed by atoms with Gasteiger partial charge in [0.2, 0.25) is 12.3 Å². The molecule has 24 heavy (non-hydrogen) atoms. The van der Waals surface area contributed by atoms with Crippen LogP contribution in [0.1, 0.15) is 41.0 Å². The Bertz CT molecular complexity index is 624. The van der Waals surface area contributed by atoms with E-state index in [1.807, 2.05) is 0 Å². The molecule has 0 aromatic carbocycles. The van der Waals surface area contributed by atoms with Gasteiger partial charge in [0.15, 0.2) is 6.29 Å². The Labute approximate surface area is 142 Å². The highest BCUT2D eigenvalue weighted by Crippen LogP contribution is 2.25. The highest BCUT2D eigenvalue weighted by Gasteiger charge is 2.21.